The van der Waals surface area contributed by atoms with E-state index in [1.165, 1.54) is 0 Å². The van der Waals surface area contributed by atoms with Gasteiger partial charge in [-0.05, 0) is 34.5 Å². The van der Waals surface area contributed by atoms with Gasteiger partial charge in [-0.15, -0.1) is 0 Å². The van der Waals surface area contributed by atoms with Gasteiger partial charge in [0.05, 0.1) is 21.8 Å². The van der Waals surface area contributed by atoms with Crippen molar-refractivity contribution in [1.82, 2.24) is 0 Å². The number of halogens is 2. The Bertz CT molecular complexity index is 458. The lowest BCUT2D eigenvalue weighted by atomic mass is 10.2. The number of β-amino-alcohol motifs (C(OH)–C–C–N with tert-alkyl or cyclic N) is 1. The summed E-state index contributed by atoms with van der Waals surface area (Å²) >= 11 is 3.07. The molecule has 0 saturated carbocycles. The van der Waals surface area contributed by atoms with Gasteiger partial charge in [0.1, 0.15) is 6.07 Å². The standard InChI is InChI=1S/C11H10BrFN2O/c12-10-7(5-14)1-2-9(11(10)13)15-4-3-8(16)6-15/h1-2,8,16H,3-4,6H2/t8-/m0/s1. The average molecular weight is 285 g/mol. The van der Waals surface area contributed by atoms with Crippen LogP contribution in [0.3, 0.4) is 0 Å². The molecule has 1 aromatic rings. The van der Waals surface area contributed by atoms with Gasteiger partial charge in [-0.2, -0.15) is 5.26 Å². The number of rotatable bonds is 1. The van der Waals surface area contributed by atoms with Gasteiger partial charge < -0.3 is 10.0 Å². The molecule has 1 saturated heterocycles. The van der Waals surface area contributed by atoms with E-state index in [1.807, 2.05) is 6.07 Å². The third-order valence-electron chi connectivity index (χ3n) is 2.69. The van der Waals surface area contributed by atoms with Crippen molar-refractivity contribution < 1.29 is 9.50 Å². The normalized spacial score (nSPS) is 19.9. The molecule has 1 heterocycles. The number of hydrogen-bond donors (Lipinski definition) is 1. The molecule has 1 aromatic carbocycles. The van der Waals surface area contributed by atoms with E-state index in [9.17, 15) is 9.50 Å². The van der Waals surface area contributed by atoms with E-state index in [0.717, 1.165) is 0 Å². The number of aliphatic hydroxyl groups excluding tert-OH is 1. The molecule has 84 valence electrons. The largest absolute Gasteiger partial charge is 0.391 e. The molecule has 0 unspecified atom stereocenters. The Kier molecular flexibility index (Phi) is 3.13. The Hall–Kier alpha value is -1.12. The minimum Gasteiger partial charge on any atom is -0.391 e. The van der Waals surface area contributed by atoms with Crippen LogP contribution in [0.1, 0.15) is 12.0 Å². The molecule has 1 aliphatic heterocycles. The van der Waals surface area contributed by atoms with E-state index in [-0.39, 0.29) is 10.0 Å². The summed E-state index contributed by atoms with van der Waals surface area (Å²) in [4.78, 5) is 1.78. The van der Waals surface area contributed by atoms with Crippen LogP contribution in [0.2, 0.25) is 0 Å². The molecule has 1 atom stereocenters. The second kappa shape index (κ2) is 4.40. The van der Waals surface area contributed by atoms with Gasteiger partial charge in [-0.3, -0.25) is 0 Å². The van der Waals surface area contributed by atoms with Crippen LogP contribution in [0.15, 0.2) is 16.6 Å². The van der Waals surface area contributed by atoms with Crippen molar-refractivity contribution in [1.29, 1.82) is 5.26 Å². The molecular weight excluding hydrogens is 275 g/mol. The van der Waals surface area contributed by atoms with Crippen LogP contribution in [0, 0.1) is 17.1 Å². The first-order valence-corrected chi connectivity index (χ1v) is 5.74. The zero-order valence-electron chi connectivity index (χ0n) is 8.45. The number of nitrogens with zero attached hydrogens (tertiary/aromatic N) is 2. The highest BCUT2D eigenvalue weighted by atomic mass is 79.9. The van der Waals surface area contributed by atoms with Crippen LogP contribution in [0.25, 0.3) is 0 Å². The van der Waals surface area contributed by atoms with Gasteiger partial charge in [-0.25, -0.2) is 4.39 Å². The highest BCUT2D eigenvalue weighted by molar-refractivity contribution is 9.10. The quantitative estimate of drug-likeness (QED) is 0.858. The topological polar surface area (TPSA) is 47.3 Å². The van der Waals surface area contributed by atoms with Gasteiger partial charge in [0.15, 0.2) is 5.82 Å². The Morgan fingerprint density at radius 1 is 1.56 bits per heavy atom. The van der Waals surface area contributed by atoms with Crippen molar-refractivity contribution in [3.63, 3.8) is 0 Å². The molecule has 0 aliphatic carbocycles. The van der Waals surface area contributed by atoms with E-state index in [1.54, 1.807) is 17.0 Å². The maximum absolute atomic E-state index is 13.9. The number of nitriles is 1. The lowest BCUT2D eigenvalue weighted by Crippen LogP contribution is -2.22. The Morgan fingerprint density at radius 2 is 2.31 bits per heavy atom. The highest BCUT2D eigenvalue weighted by Gasteiger charge is 2.24. The molecular formula is C11H10BrFN2O. The fourth-order valence-electron chi connectivity index (χ4n) is 1.83. The molecule has 0 spiro atoms. The summed E-state index contributed by atoms with van der Waals surface area (Å²) in [5.41, 5.74) is 0.712. The molecule has 0 amide bonds. The van der Waals surface area contributed by atoms with Crippen molar-refractivity contribution in [3.8, 4) is 6.07 Å². The predicted molar refractivity (Wildman–Crippen MR) is 61.7 cm³/mol. The van der Waals surface area contributed by atoms with E-state index in [0.29, 0.717) is 25.2 Å². The van der Waals surface area contributed by atoms with Crippen molar-refractivity contribution in [2.24, 2.45) is 0 Å². The fourth-order valence-corrected chi connectivity index (χ4v) is 2.25. The van der Waals surface area contributed by atoms with Crippen LogP contribution in [-0.4, -0.2) is 24.3 Å². The molecule has 3 nitrogen and oxygen atoms in total. The van der Waals surface area contributed by atoms with Crippen molar-refractivity contribution in [3.05, 3.63) is 28.0 Å². The monoisotopic (exact) mass is 284 g/mol. The summed E-state index contributed by atoms with van der Waals surface area (Å²) in [5.74, 6) is -0.437. The van der Waals surface area contributed by atoms with Crippen LogP contribution in [0.4, 0.5) is 10.1 Å². The molecule has 5 heteroatoms. The molecule has 1 aliphatic rings. The van der Waals surface area contributed by atoms with Crippen molar-refractivity contribution >= 4 is 21.6 Å². The summed E-state index contributed by atoms with van der Waals surface area (Å²) in [6.07, 6.45) is 0.255. The first kappa shape index (κ1) is 11.4. The fraction of sp³-hybridized carbons (Fsp3) is 0.364. The highest BCUT2D eigenvalue weighted by Crippen LogP contribution is 2.30. The lowest BCUT2D eigenvalue weighted by Gasteiger charge is -2.19. The van der Waals surface area contributed by atoms with Crippen LogP contribution >= 0.6 is 15.9 Å². The molecule has 1 fully saturated rings. The summed E-state index contributed by atoms with van der Waals surface area (Å²) in [6.45, 7) is 1.08. The predicted octanol–water partition coefficient (Wildman–Crippen LogP) is 2.03. The molecule has 2 rings (SSSR count). The molecule has 1 N–H and O–H groups in total. The minimum atomic E-state index is -0.437. The summed E-state index contributed by atoms with van der Waals surface area (Å²) in [6, 6.07) is 5.06. The van der Waals surface area contributed by atoms with Gasteiger partial charge >= 0.3 is 0 Å². The van der Waals surface area contributed by atoms with Crippen LogP contribution in [-0.2, 0) is 0 Å². The zero-order valence-corrected chi connectivity index (χ0v) is 10.0. The molecule has 16 heavy (non-hydrogen) atoms. The van der Waals surface area contributed by atoms with E-state index in [4.69, 9.17) is 5.26 Å². The molecule has 0 aromatic heterocycles. The second-order valence-electron chi connectivity index (χ2n) is 3.76. The summed E-state index contributed by atoms with van der Waals surface area (Å²) in [5, 5.41) is 18.1. The zero-order chi connectivity index (χ0) is 11.7. The Morgan fingerprint density at radius 3 is 2.88 bits per heavy atom. The second-order valence-corrected chi connectivity index (χ2v) is 4.55. The SMILES string of the molecule is N#Cc1ccc(N2CC[C@H](O)C2)c(F)c1Br. The maximum Gasteiger partial charge on any atom is 0.161 e. The number of anilines is 1. The van der Waals surface area contributed by atoms with Gasteiger partial charge in [0.2, 0.25) is 0 Å². The van der Waals surface area contributed by atoms with Crippen LogP contribution < -0.4 is 4.90 Å². The van der Waals surface area contributed by atoms with E-state index < -0.39 is 11.9 Å². The first-order valence-electron chi connectivity index (χ1n) is 4.94. The van der Waals surface area contributed by atoms with Gasteiger partial charge in [0.25, 0.3) is 0 Å². The maximum atomic E-state index is 13.9. The number of aliphatic hydroxyl groups is 1. The minimum absolute atomic E-state index is 0.189. The third-order valence-corrected chi connectivity index (χ3v) is 3.46. The summed E-state index contributed by atoms with van der Waals surface area (Å²) in [7, 11) is 0. The molecule has 0 radical (unpaired) electrons. The average Bonchev–Trinajstić information content (AvgIpc) is 2.69. The summed E-state index contributed by atoms with van der Waals surface area (Å²) < 4.78 is 14.1. The van der Waals surface area contributed by atoms with Crippen LogP contribution in [0.5, 0.6) is 0 Å². The Balaban J connectivity index is 2.37. The van der Waals surface area contributed by atoms with E-state index >= 15 is 0 Å². The molecule has 0 bridgehead atoms. The van der Waals surface area contributed by atoms with Gasteiger partial charge in [-0.1, -0.05) is 0 Å². The van der Waals surface area contributed by atoms with Crippen molar-refractivity contribution in [2.45, 2.75) is 12.5 Å². The first-order chi connectivity index (χ1) is 7.63. The van der Waals surface area contributed by atoms with Gasteiger partial charge in [0, 0.05) is 13.1 Å². The Labute approximate surface area is 101 Å². The third kappa shape index (κ3) is 1.91. The number of hydrogen-bond acceptors (Lipinski definition) is 3. The van der Waals surface area contributed by atoms with E-state index in [2.05, 4.69) is 15.9 Å². The number of benzene rings is 1. The van der Waals surface area contributed by atoms with Crippen molar-refractivity contribution in [2.75, 3.05) is 18.0 Å². The smallest absolute Gasteiger partial charge is 0.161 e. The lowest BCUT2D eigenvalue weighted by molar-refractivity contribution is 0.198.